The number of nitrogens with zero attached hydrogens (tertiary/aromatic N) is 4. The zero-order chi connectivity index (χ0) is 19.3. The number of hydrogen-bond donors (Lipinski definition) is 0. The third-order valence-corrected chi connectivity index (χ3v) is 5.21. The highest BCUT2D eigenvalue weighted by Gasteiger charge is 2.36. The number of nitriles is 1. The van der Waals surface area contributed by atoms with Gasteiger partial charge in [0.25, 0.3) is 0 Å². The van der Waals surface area contributed by atoms with Crippen molar-refractivity contribution in [3.63, 3.8) is 0 Å². The second-order valence-electron chi connectivity index (χ2n) is 6.92. The first kappa shape index (κ1) is 17.9. The van der Waals surface area contributed by atoms with Gasteiger partial charge in [0.15, 0.2) is 0 Å². The maximum Gasteiger partial charge on any atom is 0.223 e. The van der Waals surface area contributed by atoms with Crippen LogP contribution < -0.4 is 0 Å². The quantitative estimate of drug-likeness (QED) is 0.686. The van der Waals surface area contributed by atoms with Gasteiger partial charge in [0.2, 0.25) is 5.91 Å². The Labute approximate surface area is 164 Å². The van der Waals surface area contributed by atoms with Crippen molar-refractivity contribution >= 4 is 5.91 Å². The van der Waals surface area contributed by atoms with Crippen molar-refractivity contribution in [2.45, 2.75) is 24.8 Å². The van der Waals surface area contributed by atoms with Crippen LogP contribution in [0.4, 0.5) is 0 Å². The summed E-state index contributed by atoms with van der Waals surface area (Å²) in [6.07, 6.45) is 8.59. The molecule has 1 aliphatic heterocycles. The van der Waals surface area contributed by atoms with Crippen molar-refractivity contribution in [1.82, 2.24) is 14.9 Å². The van der Waals surface area contributed by atoms with Crippen LogP contribution in [0.2, 0.25) is 0 Å². The zero-order valence-corrected chi connectivity index (χ0v) is 15.4. The zero-order valence-electron chi connectivity index (χ0n) is 15.4. The van der Waals surface area contributed by atoms with Crippen molar-refractivity contribution < 1.29 is 4.79 Å². The van der Waals surface area contributed by atoms with Gasteiger partial charge in [0.1, 0.15) is 0 Å². The predicted molar refractivity (Wildman–Crippen MR) is 105 cm³/mol. The molecule has 0 N–H and O–H groups in total. The summed E-state index contributed by atoms with van der Waals surface area (Å²) in [6.45, 7) is 0.706. The molecule has 28 heavy (non-hydrogen) atoms. The van der Waals surface area contributed by atoms with Crippen LogP contribution >= 0.6 is 0 Å². The molecule has 1 fully saturated rings. The molecule has 0 saturated carbocycles. The fraction of sp³-hybridized carbons (Fsp3) is 0.217. The van der Waals surface area contributed by atoms with Crippen LogP contribution in [0.3, 0.4) is 0 Å². The second-order valence-corrected chi connectivity index (χ2v) is 6.92. The van der Waals surface area contributed by atoms with Crippen molar-refractivity contribution in [3.8, 4) is 6.07 Å². The Morgan fingerprint density at radius 3 is 2.18 bits per heavy atom. The number of pyridine rings is 2. The van der Waals surface area contributed by atoms with Gasteiger partial charge in [-0.25, -0.2) is 0 Å². The first-order valence-electron chi connectivity index (χ1n) is 9.37. The highest BCUT2D eigenvalue weighted by atomic mass is 16.2. The van der Waals surface area contributed by atoms with Crippen LogP contribution in [-0.4, -0.2) is 27.3 Å². The molecule has 1 aliphatic rings. The SMILES string of the molecule is N#Cc1cccc(C(C(c2cccnc2)c2cccnc2)N2CCCC2=O)c1. The van der Waals surface area contributed by atoms with Gasteiger partial charge >= 0.3 is 0 Å². The summed E-state index contributed by atoms with van der Waals surface area (Å²) in [6, 6.07) is 17.4. The molecule has 3 aromatic rings. The van der Waals surface area contributed by atoms with Crippen molar-refractivity contribution in [3.05, 3.63) is 95.6 Å². The van der Waals surface area contributed by atoms with Crippen molar-refractivity contribution in [2.75, 3.05) is 6.54 Å². The number of carbonyl (C=O) groups excluding carboxylic acids is 1. The predicted octanol–water partition coefficient (Wildman–Crippen LogP) is 3.84. The van der Waals surface area contributed by atoms with Gasteiger partial charge in [-0.05, 0) is 47.4 Å². The summed E-state index contributed by atoms with van der Waals surface area (Å²) in [7, 11) is 0. The molecule has 1 amide bonds. The maximum atomic E-state index is 12.7. The van der Waals surface area contributed by atoms with Gasteiger partial charge in [-0.3, -0.25) is 14.8 Å². The lowest BCUT2D eigenvalue weighted by molar-refractivity contribution is -0.130. The fourth-order valence-corrected chi connectivity index (χ4v) is 3.98. The molecule has 1 saturated heterocycles. The third kappa shape index (κ3) is 3.49. The van der Waals surface area contributed by atoms with Crippen LogP contribution in [0.1, 0.15) is 47.1 Å². The first-order valence-corrected chi connectivity index (χ1v) is 9.37. The standard InChI is InChI=1S/C23H20N4O/c24-14-17-5-1-6-18(13-17)23(27-12-4-9-21(27)28)22(19-7-2-10-25-15-19)20-8-3-11-26-16-20/h1-3,5-8,10-11,13,15-16,22-23H,4,9,12H2. The lowest BCUT2D eigenvalue weighted by Gasteiger charge is -2.35. The molecule has 1 unspecified atom stereocenters. The summed E-state index contributed by atoms with van der Waals surface area (Å²) in [4.78, 5) is 23.3. The van der Waals surface area contributed by atoms with E-state index in [1.54, 1.807) is 18.5 Å². The van der Waals surface area contributed by atoms with E-state index in [2.05, 4.69) is 16.0 Å². The summed E-state index contributed by atoms with van der Waals surface area (Å²) < 4.78 is 0. The van der Waals surface area contributed by atoms with Gasteiger partial charge in [-0.15, -0.1) is 0 Å². The molecule has 138 valence electrons. The Morgan fingerprint density at radius 2 is 1.64 bits per heavy atom. The molecule has 5 nitrogen and oxygen atoms in total. The molecule has 0 spiro atoms. The Bertz CT molecular complexity index is 958. The summed E-state index contributed by atoms with van der Waals surface area (Å²) in [5.74, 6) is 0.0172. The van der Waals surface area contributed by atoms with Gasteiger partial charge in [0.05, 0.1) is 17.7 Å². The van der Waals surface area contributed by atoms with E-state index < -0.39 is 0 Å². The van der Waals surface area contributed by atoms with Crippen LogP contribution in [0.15, 0.2) is 73.3 Å². The lowest BCUT2D eigenvalue weighted by Crippen LogP contribution is -2.34. The van der Waals surface area contributed by atoms with Crippen molar-refractivity contribution in [2.24, 2.45) is 0 Å². The van der Waals surface area contributed by atoms with E-state index in [1.165, 1.54) is 0 Å². The Kier molecular flexibility index (Phi) is 5.11. The maximum absolute atomic E-state index is 12.7. The molecule has 1 aromatic carbocycles. The van der Waals surface area contributed by atoms with E-state index in [1.807, 2.05) is 59.8 Å². The van der Waals surface area contributed by atoms with Crippen LogP contribution in [0.25, 0.3) is 0 Å². The van der Waals surface area contributed by atoms with Gasteiger partial charge in [-0.2, -0.15) is 5.26 Å². The van der Waals surface area contributed by atoms with E-state index in [4.69, 9.17) is 0 Å². The van der Waals surface area contributed by atoms with E-state index in [9.17, 15) is 10.1 Å². The molecule has 1 atom stereocenters. The average molecular weight is 368 g/mol. The first-order chi connectivity index (χ1) is 13.8. The Hall–Kier alpha value is -3.52. The number of carbonyl (C=O) groups is 1. The monoisotopic (exact) mass is 368 g/mol. The molecular weight excluding hydrogens is 348 g/mol. The molecule has 0 bridgehead atoms. The molecular formula is C23H20N4O. The normalized spacial score (nSPS) is 14.9. The highest BCUT2D eigenvalue weighted by Crippen LogP contribution is 2.42. The smallest absolute Gasteiger partial charge is 0.223 e. The van der Waals surface area contributed by atoms with E-state index in [-0.39, 0.29) is 17.9 Å². The van der Waals surface area contributed by atoms with Crippen LogP contribution in [0, 0.1) is 11.3 Å². The molecule has 0 aliphatic carbocycles. The molecule has 5 heteroatoms. The van der Waals surface area contributed by atoms with Crippen molar-refractivity contribution in [1.29, 1.82) is 5.26 Å². The largest absolute Gasteiger partial charge is 0.335 e. The van der Waals surface area contributed by atoms with Gasteiger partial charge in [-0.1, -0.05) is 24.3 Å². The topological polar surface area (TPSA) is 69.9 Å². The third-order valence-electron chi connectivity index (χ3n) is 5.21. The second kappa shape index (κ2) is 8.01. The molecule has 4 rings (SSSR count). The molecule has 2 aromatic heterocycles. The van der Waals surface area contributed by atoms with E-state index in [0.717, 1.165) is 23.1 Å². The summed E-state index contributed by atoms with van der Waals surface area (Å²) >= 11 is 0. The summed E-state index contributed by atoms with van der Waals surface area (Å²) in [5, 5.41) is 9.38. The van der Waals surface area contributed by atoms with E-state index in [0.29, 0.717) is 18.5 Å². The minimum absolute atomic E-state index is 0.126. The minimum Gasteiger partial charge on any atom is -0.335 e. The highest BCUT2D eigenvalue weighted by molar-refractivity contribution is 5.79. The number of likely N-dealkylation sites (tertiary alicyclic amines) is 1. The Balaban J connectivity index is 1.91. The van der Waals surface area contributed by atoms with Crippen LogP contribution in [-0.2, 0) is 4.79 Å². The number of aromatic nitrogens is 2. The lowest BCUT2D eigenvalue weighted by atomic mass is 9.82. The minimum atomic E-state index is -0.225. The number of hydrogen-bond acceptors (Lipinski definition) is 4. The number of benzene rings is 1. The average Bonchev–Trinajstić information content (AvgIpc) is 3.18. The molecule has 0 radical (unpaired) electrons. The Morgan fingerprint density at radius 1 is 0.964 bits per heavy atom. The summed E-state index contributed by atoms with van der Waals surface area (Å²) in [5.41, 5.74) is 3.57. The van der Waals surface area contributed by atoms with Crippen LogP contribution in [0.5, 0.6) is 0 Å². The fourth-order valence-electron chi connectivity index (χ4n) is 3.98. The van der Waals surface area contributed by atoms with E-state index >= 15 is 0 Å². The van der Waals surface area contributed by atoms with Gasteiger partial charge in [0, 0.05) is 43.7 Å². The van der Waals surface area contributed by atoms with Gasteiger partial charge < -0.3 is 4.90 Å². The number of amides is 1. The molecule has 3 heterocycles. The number of rotatable bonds is 5.